The van der Waals surface area contributed by atoms with Crippen molar-refractivity contribution in [2.45, 2.75) is 65.9 Å². The molecule has 0 aromatic carbocycles. The molecule has 0 aromatic heterocycles. The summed E-state index contributed by atoms with van der Waals surface area (Å²) >= 11 is 0. The van der Waals surface area contributed by atoms with E-state index in [1.165, 1.54) is 6.08 Å². The molecule has 0 N–H and O–H groups in total. The Hall–Kier alpha value is -1.58. The Kier molecular flexibility index (Phi) is 12.6. The molecular weight excluding hydrogens is 268 g/mol. The van der Waals surface area contributed by atoms with E-state index in [0.717, 1.165) is 25.7 Å². The minimum absolute atomic E-state index is 0.277. The van der Waals surface area contributed by atoms with Crippen molar-refractivity contribution in [2.75, 3.05) is 6.61 Å². The number of hydrogen-bond acceptors (Lipinski definition) is 4. The monoisotopic (exact) mass is 298 g/mol. The summed E-state index contributed by atoms with van der Waals surface area (Å²) in [6.07, 6.45) is 5.20. The van der Waals surface area contributed by atoms with Gasteiger partial charge < -0.3 is 9.47 Å². The molecule has 0 amide bonds. The van der Waals surface area contributed by atoms with Crippen LogP contribution in [0.5, 0.6) is 0 Å². The normalized spacial score (nSPS) is 9.95. The third kappa shape index (κ3) is 14.6. The molecule has 0 bridgehead atoms. The van der Waals surface area contributed by atoms with Gasteiger partial charge in [0.25, 0.3) is 0 Å². The Bertz CT molecular complexity index is 343. The topological polar surface area (TPSA) is 52.6 Å². The van der Waals surface area contributed by atoms with Crippen molar-refractivity contribution in [2.24, 2.45) is 0 Å². The second kappa shape index (κ2) is 12.2. The molecule has 0 atom stereocenters. The highest BCUT2D eigenvalue weighted by atomic mass is 16.6. The molecule has 0 heterocycles. The Labute approximate surface area is 129 Å². The molecule has 0 aliphatic carbocycles. The van der Waals surface area contributed by atoms with Gasteiger partial charge in [-0.3, -0.25) is 0 Å². The molecule has 0 spiro atoms. The maximum Gasteiger partial charge on any atom is 0.333 e. The zero-order chi connectivity index (χ0) is 16.9. The number of ether oxygens (including phenoxy) is 2. The highest BCUT2D eigenvalue weighted by Crippen LogP contribution is 2.13. The number of hydrogen-bond donors (Lipinski definition) is 0. The lowest BCUT2D eigenvalue weighted by Gasteiger charge is -2.21. The van der Waals surface area contributed by atoms with Crippen LogP contribution in [0.15, 0.2) is 24.8 Å². The standard InChI is InChI=1S/C9H16O2.C8H14O2/c1-4-5-6-7-11-9(10)8(2)3;1-5-7(9)10-8(3,4)6-2/h2,4-7H2,1,3H3;5H,1,6H2,2-4H3. The second-order valence-electron chi connectivity index (χ2n) is 5.36. The highest BCUT2D eigenvalue weighted by Gasteiger charge is 2.18. The first-order valence-electron chi connectivity index (χ1n) is 7.38. The third-order valence-electron chi connectivity index (χ3n) is 2.72. The number of esters is 2. The van der Waals surface area contributed by atoms with Crippen LogP contribution in [0.3, 0.4) is 0 Å². The number of rotatable bonds is 8. The molecule has 0 saturated carbocycles. The Balaban J connectivity index is 0. The van der Waals surface area contributed by atoms with E-state index >= 15 is 0 Å². The van der Waals surface area contributed by atoms with E-state index in [9.17, 15) is 9.59 Å². The van der Waals surface area contributed by atoms with Crippen LogP contribution in [-0.4, -0.2) is 24.1 Å². The summed E-state index contributed by atoms with van der Waals surface area (Å²) in [7, 11) is 0. The van der Waals surface area contributed by atoms with Crippen LogP contribution in [-0.2, 0) is 19.1 Å². The average Bonchev–Trinajstić information content (AvgIpc) is 2.43. The van der Waals surface area contributed by atoms with Gasteiger partial charge in [-0.2, -0.15) is 0 Å². The van der Waals surface area contributed by atoms with Crippen LogP contribution in [0.2, 0.25) is 0 Å². The molecule has 0 aliphatic rings. The molecule has 0 rings (SSSR count). The minimum atomic E-state index is -0.356. The molecule has 4 heteroatoms. The van der Waals surface area contributed by atoms with Crippen molar-refractivity contribution >= 4 is 11.9 Å². The zero-order valence-electron chi connectivity index (χ0n) is 14.2. The summed E-state index contributed by atoms with van der Waals surface area (Å²) in [5, 5.41) is 0. The largest absolute Gasteiger partial charge is 0.462 e. The van der Waals surface area contributed by atoms with Crippen molar-refractivity contribution in [3.63, 3.8) is 0 Å². The van der Waals surface area contributed by atoms with Crippen LogP contribution in [0, 0.1) is 0 Å². The van der Waals surface area contributed by atoms with Crippen LogP contribution >= 0.6 is 0 Å². The first-order chi connectivity index (χ1) is 9.70. The number of carbonyl (C=O) groups excluding carboxylic acids is 2. The fourth-order valence-electron chi connectivity index (χ4n) is 1.03. The summed E-state index contributed by atoms with van der Waals surface area (Å²) in [4.78, 5) is 21.4. The van der Waals surface area contributed by atoms with Gasteiger partial charge in [-0.15, -0.1) is 0 Å². The molecule has 0 unspecified atom stereocenters. The molecule has 0 aromatic rings. The Morgan fingerprint density at radius 3 is 2.14 bits per heavy atom. The highest BCUT2D eigenvalue weighted by molar-refractivity contribution is 5.86. The molecule has 0 radical (unpaired) electrons. The van der Waals surface area contributed by atoms with Gasteiger partial charge in [0.2, 0.25) is 0 Å². The third-order valence-corrected chi connectivity index (χ3v) is 2.72. The summed E-state index contributed by atoms with van der Waals surface area (Å²) in [6.45, 7) is 16.8. The number of unbranched alkanes of at least 4 members (excludes halogenated alkanes) is 2. The summed E-state index contributed by atoms with van der Waals surface area (Å²) < 4.78 is 9.85. The van der Waals surface area contributed by atoms with Crippen molar-refractivity contribution in [1.29, 1.82) is 0 Å². The first kappa shape index (κ1) is 21.7. The van der Waals surface area contributed by atoms with Crippen LogP contribution in [0.1, 0.15) is 60.3 Å². The molecule has 21 heavy (non-hydrogen) atoms. The van der Waals surface area contributed by atoms with Crippen molar-refractivity contribution < 1.29 is 19.1 Å². The Morgan fingerprint density at radius 1 is 1.19 bits per heavy atom. The van der Waals surface area contributed by atoms with E-state index in [1.54, 1.807) is 6.92 Å². The smallest absolute Gasteiger partial charge is 0.333 e. The SMILES string of the molecule is C=C(C)C(=O)OCCCCC.C=CC(=O)OC(C)(C)CC. The van der Waals surface area contributed by atoms with E-state index < -0.39 is 0 Å². The van der Waals surface area contributed by atoms with Gasteiger partial charge in [-0.25, -0.2) is 9.59 Å². The molecule has 4 nitrogen and oxygen atoms in total. The van der Waals surface area contributed by atoms with Crippen molar-refractivity contribution in [3.05, 3.63) is 24.8 Å². The van der Waals surface area contributed by atoms with E-state index in [1.807, 2.05) is 20.8 Å². The zero-order valence-corrected chi connectivity index (χ0v) is 14.2. The molecule has 0 fully saturated rings. The van der Waals surface area contributed by atoms with E-state index in [2.05, 4.69) is 20.1 Å². The van der Waals surface area contributed by atoms with Crippen LogP contribution in [0.25, 0.3) is 0 Å². The van der Waals surface area contributed by atoms with Crippen LogP contribution < -0.4 is 0 Å². The van der Waals surface area contributed by atoms with Gasteiger partial charge in [0.05, 0.1) is 6.61 Å². The lowest BCUT2D eigenvalue weighted by atomic mass is 10.1. The molecule has 122 valence electrons. The fourth-order valence-corrected chi connectivity index (χ4v) is 1.03. The second-order valence-corrected chi connectivity index (χ2v) is 5.36. The lowest BCUT2D eigenvalue weighted by molar-refractivity contribution is -0.150. The lowest BCUT2D eigenvalue weighted by Crippen LogP contribution is -2.25. The van der Waals surface area contributed by atoms with E-state index in [0.29, 0.717) is 12.2 Å². The quantitative estimate of drug-likeness (QED) is 0.383. The van der Waals surface area contributed by atoms with Gasteiger partial charge in [0.1, 0.15) is 5.60 Å². The molecule has 0 aliphatic heterocycles. The summed E-state index contributed by atoms with van der Waals surface area (Å²) in [6, 6.07) is 0. The molecule has 0 saturated heterocycles. The maximum atomic E-state index is 10.8. The van der Waals surface area contributed by atoms with Gasteiger partial charge >= 0.3 is 11.9 Å². The van der Waals surface area contributed by atoms with Crippen LogP contribution in [0.4, 0.5) is 0 Å². The van der Waals surface area contributed by atoms with Crippen molar-refractivity contribution in [3.8, 4) is 0 Å². The molecular formula is C17H30O4. The van der Waals surface area contributed by atoms with Gasteiger partial charge in [-0.05, 0) is 33.6 Å². The van der Waals surface area contributed by atoms with Gasteiger partial charge in [0, 0.05) is 11.6 Å². The van der Waals surface area contributed by atoms with Gasteiger partial charge in [-0.1, -0.05) is 39.8 Å². The fraction of sp³-hybridized carbons (Fsp3) is 0.647. The first-order valence-corrected chi connectivity index (χ1v) is 7.38. The maximum absolute atomic E-state index is 10.8. The predicted octanol–water partition coefficient (Wildman–Crippen LogP) is 4.20. The summed E-state index contributed by atoms with van der Waals surface area (Å²) in [5.41, 5.74) is 0.118. The van der Waals surface area contributed by atoms with Crippen molar-refractivity contribution in [1.82, 2.24) is 0 Å². The average molecular weight is 298 g/mol. The predicted molar refractivity (Wildman–Crippen MR) is 86.0 cm³/mol. The Morgan fingerprint density at radius 2 is 1.76 bits per heavy atom. The summed E-state index contributed by atoms with van der Waals surface area (Å²) in [5.74, 6) is -0.632. The number of carbonyl (C=O) groups is 2. The minimum Gasteiger partial charge on any atom is -0.462 e. The van der Waals surface area contributed by atoms with E-state index in [4.69, 9.17) is 9.47 Å². The van der Waals surface area contributed by atoms with Gasteiger partial charge in [0.15, 0.2) is 0 Å². The van der Waals surface area contributed by atoms with E-state index in [-0.39, 0.29) is 17.5 Å².